The Morgan fingerprint density at radius 2 is 1.55 bits per heavy atom. The monoisotopic (exact) mass is 304 g/mol. The van der Waals surface area contributed by atoms with E-state index in [0.29, 0.717) is 35.9 Å². The minimum absolute atomic E-state index is 0.276. The quantitative estimate of drug-likeness (QED) is 0.808. The Balaban J connectivity index is 1.49. The van der Waals surface area contributed by atoms with E-state index in [1.165, 1.54) is 51.4 Å². The van der Waals surface area contributed by atoms with E-state index < -0.39 is 0 Å². The zero-order valence-electron chi connectivity index (χ0n) is 14.0. The molecular formula is C19H32N2O. The minimum Gasteiger partial charge on any atom is -0.336 e. The number of nitrogens with zero attached hydrogens (tertiary/aromatic N) is 1. The molecule has 22 heavy (non-hydrogen) atoms. The molecule has 2 bridgehead atoms. The maximum atomic E-state index is 13.3. The van der Waals surface area contributed by atoms with Gasteiger partial charge in [0.15, 0.2) is 0 Å². The number of nitrogens with two attached hydrogens (primary N) is 1. The number of amides is 1. The molecule has 1 amide bonds. The molecule has 5 atom stereocenters. The molecule has 4 fully saturated rings. The summed E-state index contributed by atoms with van der Waals surface area (Å²) in [6.45, 7) is 2.28. The Labute approximate surface area is 135 Å². The van der Waals surface area contributed by atoms with E-state index in [0.717, 1.165) is 18.8 Å². The smallest absolute Gasteiger partial charge is 0.226 e. The van der Waals surface area contributed by atoms with Gasteiger partial charge in [0.1, 0.15) is 0 Å². The molecule has 4 aliphatic rings. The van der Waals surface area contributed by atoms with Crippen molar-refractivity contribution in [3.05, 3.63) is 0 Å². The van der Waals surface area contributed by atoms with Crippen LogP contribution in [0, 0.1) is 23.7 Å². The van der Waals surface area contributed by atoms with E-state index in [1.54, 1.807) is 0 Å². The van der Waals surface area contributed by atoms with Crippen molar-refractivity contribution in [3.8, 4) is 0 Å². The van der Waals surface area contributed by atoms with Crippen molar-refractivity contribution >= 4 is 5.91 Å². The second kappa shape index (κ2) is 5.81. The maximum Gasteiger partial charge on any atom is 0.226 e. The van der Waals surface area contributed by atoms with Crippen LogP contribution in [0.5, 0.6) is 0 Å². The molecule has 124 valence electrons. The number of fused-ring (bicyclic) bond motifs is 3. The predicted octanol–water partition coefficient (Wildman–Crippen LogP) is 3.32. The molecule has 0 aromatic heterocycles. The molecule has 0 radical (unpaired) electrons. The van der Waals surface area contributed by atoms with Crippen LogP contribution in [0.2, 0.25) is 0 Å². The molecule has 1 aliphatic heterocycles. The van der Waals surface area contributed by atoms with Crippen molar-refractivity contribution in [2.45, 2.75) is 89.3 Å². The molecule has 2 N–H and O–H groups in total. The molecule has 0 aromatic rings. The molecule has 3 saturated carbocycles. The average molecular weight is 304 g/mol. The Morgan fingerprint density at radius 1 is 0.909 bits per heavy atom. The summed E-state index contributed by atoms with van der Waals surface area (Å²) in [6.07, 6.45) is 12.5. The maximum absolute atomic E-state index is 13.3. The van der Waals surface area contributed by atoms with E-state index in [4.69, 9.17) is 5.73 Å². The van der Waals surface area contributed by atoms with Crippen LogP contribution in [0.3, 0.4) is 0 Å². The van der Waals surface area contributed by atoms with Gasteiger partial charge in [-0.05, 0) is 69.6 Å². The van der Waals surface area contributed by atoms with Crippen LogP contribution in [0.4, 0.5) is 0 Å². The summed E-state index contributed by atoms with van der Waals surface area (Å²) in [5, 5.41) is 0. The molecule has 1 saturated heterocycles. The lowest BCUT2D eigenvalue weighted by atomic mass is 9.65. The van der Waals surface area contributed by atoms with E-state index in [9.17, 15) is 4.79 Å². The first-order valence-corrected chi connectivity index (χ1v) is 9.73. The Kier molecular flexibility index (Phi) is 3.96. The van der Waals surface area contributed by atoms with Crippen LogP contribution >= 0.6 is 0 Å². The average Bonchev–Trinajstić information content (AvgIpc) is 2.82. The normalized spacial score (nSPS) is 48.1. The third-order valence-electron chi connectivity index (χ3n) is 7.36. The molecule has 3 aliphatic carbocycles. The van der Waals surface area contributed by atoms with Gasteiger partial charge in [-0.2, -0.15) is 0 Å². The van der Waals surface area contributed by atoms with Crippen molar-refractivity contribution in [3.63, 3.8) is 0 Å². The minimum atomic E-state index is 0.276. The van der Waals surface area contributed by atoms with Gasteiger partial charge in [0.25, 0.3) is 0 Å². The summed E-state index contributed by atoms with van der Waals surface area (Å²) in [6, 6.07) is 1.40. The number of hydrogen-bond donors (Lipinski definition) is 1. The van der Waals surface area contributed by atoms with Gasteiger partial charge in [-0.1, -0.05) is 19.3 Å². The first-order valence-electron chi connectivity index (χ1n) is 9.73. The first kappa shape index (κ1) is 15.0. The van der Waals surface area contributed by atoms with Crippen LogP contribution in [-0.2, 0) is 4.79 Å². The highest BCUT2D eigenvalue weighted by atomic mass is 16.2. The number of rotatable bonds is 1. The van der Waals surface area contributed by atoms with Gasteiger partial charge in [-0.3, -0.25) is 4.79 Å². The van der Waals surface area contributed by atoms with Crippen molar-refractivity contribution in [2.75, 3.05) is 0 Å². The fourth-order valence-electron chi connectivity index (χ4n) is 6.29. The van der Waals surface area contributed by atoms with E-state index in [-0.39, 0.29) is 5.92 Å². The third kappa shape index (κ3) is 2.40. The number of carbonyl (C=O) groups is 1. The highest BCUT2D eigenvalue weighted by Gasteiger charge is 2.47. The van der Waals surface area contributed by atoms with Gasteiger partial charge in [-0.25, -0.2) is 0 Å². The molecule has 4 rings (SSSR count). The zero-order valence-corrected chi connectivity index (χ0v) is 14.0. The lowest BCUT2D eigenvalue weighted by Gasteiger charge is -2.45. The van der Waals surface area contributed by atoms with E-state index in [1.807, 2.05) is 0 Å². The van der Waals surface area contributed by atoms with Crippen LogP contribution in [0.15, 0.2) is 0 Å². The zero-order chi connectivity index (χ0) is 15.3. The second-order valence-corrected chi connectivity index (χ2v) is 8.64. The van der Waals surface area contributed by atoms with Crippen molar-refractivity contribution in [1.82, 2.24) is 4.90 Å². The molecule has 3 nitrogen and oxygen atoms in total. The predicted molar refractivity (Wildman–Crippen MR) is 88.2 cm³/mol. The SMILES string of the molecule is CC1CC2CCCCC2N1C(=O)C1CC2CCCC(C1)C2N. The number of likely N-dealkylation sites (tertiary alicyclic amines) is 1. The summed E-state index contributed by atoms with van der Waals surface area (Å²) in [5.74, 6) is 2.78. The molecule has 0 aromatic carbocycles. The van der Waals surface area contributed by atoms with Crippen molar-refractivity contribution in [2.24, 2.45) is 29.4 Å². The second-order valence-electron chi connectivity index (χ2n) is 8.64. The third-order valence-corrected chi connectivity index (χ3v) is 7.36. The van der Waals surface area contributed by atoms with Gasteiger partial charge in [0, 0.05) is 24.0 Å². The summed E-state index contributed by atoms with van der Waals surface area (Å²) in [7, 11) is 0. The van der Waals surface area contributed by atoms with Gasteiger partial charge in [-0.15, -0.1) is 0 Å². The van der Waals surface area contributed by atoms with Gasteiger partial charge in [0.2, 0.25) is 5.91 Å². The molecule has 0 spiro atoms. The number of hydrogen-bond acceptors (Lipinski definition) is 2. The molecule has 5 unspecified atom stereocenters. The fourth-order valence-corrected chi connectivity index (χ4v) is 6.29. The largest absolute Gasteiger partial charge is 0.336 e. The molecule has 1 heterocycles. The van der Waals surface area contributed by atoms with E-state index >= 15 is 0 Å². The summed E-state index contributed by atoms with van der Waals surface area (Å²) >= 11 is 0. The Morgan fingerprint density at radius 3 is 2.27 bits per heavy atom. The molecule has 3 heteroatoms. The van der Waals surface area contributed by atoms with Gasteiger partial charge in [0.05, 0.1) is 0 Å². The highest BCUT2D eigenvalue weighted by Crippen LogP contribution is 2.45. The van der Waals surface area contributed by atoms with E-state index in [2.05, 4.69) is 11.8 Å². The van der Waals surface area contributed by atoms with Crippen LogP contribution in [0.1, 0.15) is 71.1 Å². The summed E-state index contributed by atoms with van der Waals surface area (Å²) in [4.78, 5) is 15.6. The van der Waals surface area contributed by atoms with Gasteiger partial charge >= 0.3 is 0 Å². The van der Waals surface area contributed by atoms with Crippen LogP contribution in [-0.4, -0.2) is 28.9 Å². The first-order chi connectivity index (χ1) is 10.6. The fraction of sp³-hybridized carbons (Fsp3) is 0.947. The van der Waals surface area contributed by atoms with Crippen LogP contribution < -0.4 is 5.73 Å². The van der Waals surface area contributed by atoms with Crippen molar-refractivity contribution < 1.29 is 4.79 Å². The lowest BCUT2D eigenvalue weighted by molar-refractivity contribution is -0.142. The standard InChI is InChI=1S/C19H32N2O/c1-12-9-13-5-2-3-8-17(13)21(12)19(22)16-10-14-6-4-7-15(11-16)18(14)20/h12-18H,2-11,20H2,1H3. The Bertz CT molecular complexity index is 423. The molecular weight excluding hydrogens is 272 g/mol. The number of carbonyl (C=O) groups excluding carboxylic acids is 1. The Hall–Kier alpha value is -0.570. The lowest BCUT2D eigenvalue weighted by Crippen LogP contribution is -2.52. The van der Waals surface area contributed by atoms with Gasteiger partial charge < -0.3 is 10.6 Å². The van der Waals surface area contributed by atoms with Crippen LogP contribution in [0.25, 0.3) is 0 Å². The van der Waals surface area contributed by atoms with Crippen molar-refractivity contribution in [1.29, 1.82) is 0 Å². The highest BCUT2D eigenvalue weighted by molar-refractivity contribution is 5.80. The summed E-state index contributed by atoms with van der Waals surface area (Å²) in [5.41, 5.74) is 6.41. The summed E-state index contributed by atoms with van der Waals surface area (Å²) < 4.78 is 0. The topological polar surface area (TPSA) is 46.3 Å².